The first-order chi connectivity index (χ1) is 7.92. The summed E-state index contributed by atoms with van der Waals surface area (Å²) in [5.74, 6) is 0.830. The molecule has 0 heterocycles. The topological polar surface area (TPSA) is 32.3 Å². The first kappa shape index (κ1) is 11.6. The molecule has 1 atom stereocenters. The predicted octanol–water partition coefficient (Wildman–Crippen LogP) is 2.50. The Morgan fingerprint density at radius 2 is 1.94 bits per heavy atom. The van der Waals surface area contributed by atoms with Gasteiger partial charge in [0.25, 0.3) is 0 Å². The maximum atomic E-state index is 8.74. The molecule has 0 amide bonds. The first-order valence-corrected chi connectivity index (χ1v) is 6.31. The SMILES string of the molecule is OCCCCNC(c1ccccc1)C1CC1. The van der Waals surface area contributed by atoms with Crippen molar-refractivity contribution in [2.75, 3.05) is 13.2 Å². The van der Waals surface area contributed by atoms with Gasteiger partial charge < -0.3 is 10.4 Å². The molecule has 1 aliphatic rings. The summed E-state index contributed by atoms with van der Waals surface area (Å²) in [6.45, 7) is 1.32. The smallest absolute Gasteiger partial charge is 0.0431 e. The lowest BCUT2D eigenvalue weighted by molar-refractivity contribution is 0.282. The van der Waals surface area contributed by atoms with Gasteiger partial charge in [-0.15, -0.1) is 0 Å². The predicted molar refractivity (Wildman–Crippen MR) is 66.2 cm³/mol. The molecule has 16 heavy (non-hydrogen) atoms. The molecule has 2 rings (SSSR count). The van der Waals surface area contributed by atoms with Gasteiger partial charge in [-0.3, -0.25) is 0 Å². The summed E-state index contributed by atoms with van der Waals surface area (Å²) in [6.07, 6.45) is 4.67. The van der Waals surface area contributed by atoms with Crippen molar-refractivity contribution in [3.63, 3.8) is 0 Å². The highest BCUT2D eigenvalue weighted by molar-refractivity contribution is 5.21. The van der Waals surface area contributed by atoms with Crippen molar-refractivity contribution in [1.82, 2.24) is 5.32 Å². The Bertz CT molecular complexity index is 295. The fourth-order valence-electron chi connectivity index (χ4n) is 2.14. The second-order valence-electron chi connectivity index (χ2n) is 4.61. The molecular weight excluding hydrogens is 198 g/mol. The van der Waals surface area contributed by atoms with Gasteiger partial charge >= 0.3 is 0 Å². The Labute approximate surface area is 97.7 Å². The number of hydrogen-bond donors (Lipinski definition) is 2. The fraction of sp³-hybridized carbons (Fsp3) is 0.571. The van der Waals surface area contributed by atoms with Gasteiger partial charge in [0.05, 0.1) is 0 Å². The highest BCUT2D eigenvalue weighted by Crippen LogP contribution is 2.40. The average molecular weight is 219 g/mol. The van der Waals surface area contributed by atoms with Crippen LogP contribution in [0.2, 0.25) is 0 Å². The third kappa shape index (κ3) is 3.32. The lowest BCUT2D eigenvalue weighted by Crippen LogP contribution is -2.24. The summed E-state index contributed by atoms with van der Waals surface area (Å²) in [6, 6.07) is 11.2. The molecule has 1 unspecified atom stereocenters. The van der Waals surface area contributed by atoms with E-state index in [2.05, 4.69) is 35.6 Å². The average Bonchev–Trinajstić information content (AvgIpc) is 3.15. The van der Waals surface area contributed by atoms with E-state index in [-0.39, 0.29) is 0 Å². The fourth-order valence-corrected chi connectivity index (χ4v) is 2.14. The maximum Gasteiger partial charge on any atom is 0.0431 e. The standard InChI is InChI=1S/C14H21NO/c16-11-5-4-10-15-14(13-8-9-13)12-6-2-1-3-7-12/h1-3,6-7,13-16H,4-5,8-11H2. The van der Waals surface area contributed by atoms with Crippen molar-refractivity contribution in [2.24, 2.45) is 5.92 Å². The summed E-state index contributed by atoms with van der Waals surface area (Å²) < 4.78 is 0. The minimum atomic E-state index is 0.307. The molecule has 88 valence electrons. The monoisotopic (exact) mass is 219 g/mol. The second-order valence-corrected chi connectivity index (χ2v) is 4.61. The van der Waals surface area contributed by atoms with Crippen LogP contribution in [0.25, 0.3) is 0 Å². The Balaban J connectivity index is 1.86. The van der Waals surface area contributed by atoms with E-state index in [0.717, 1.165) is 25.3 Å². The summed E-state index contributed by atoms with van der Waals surface area (Å²) in [5, 5.41) is 12.4. The van der Waals surface area contributed by atoms with Gasteiger partial charge in [-0.05, 0) is 43.7 Å². The van der Waals surface area contributed by atoms with Gasteiger partial charge in [0.2, 0.25) is 0 Å². The molecule has 1 saturated carbocycles. The summed E-state index contributed by atoms with van der Waals surface area (Å²) in [7, 11) is 0. The Morgan fingerprint density at radius 1 is 1.19 bits per heavy atom. The zero-order valence-electron chi connectivity index (χ0n) is 9.73. The molecule has 2 N–H and O–H groups in total. The molecule has 0 radical (unpaired) electrons. The van der Waals surface area contributed by atoms with Crippen LogP contribution in [0, 0.1) is 5.92 Å². The van der Waals surface area contributed by atoms with E-state index in [9.17, 15) is 0 Å². The highest BCUT2D eigenvalue weighted by Gasteiger charge is 2.31. The summed E-state index contributed by atoms with van der Waals surface area (Å²) >= 11 is 0. The summed E-state index contributed by atoms with van der Waals surface area (Å²) in [5.41, 5.74) is 1.41. The molecule has 0 spiro atoms. The Hall–Kier alpha value is -0.860. The molecule has 0 bridgehead atoms. The van der Waals surface area contributed by atoms with Crippen molar-refractivity contribution in [3.05, 3.63) is 35.9 Å². The van der Waals surface area contributed by atoms with Crippen molar-refractivity contribution < 1.29 is 5.11 Å². The van der Waals surface area contributed by atoms with Crippen molar-refractivity contribution >= 4 is 0 Å². The van der Waals surface area contributed by atoms with Crippen LogP contribution >= 0.6 is 0 Å². The first-order valence-electron chi connectivity index (χ1n) is 6.31. The summed E-state index contributed by atoms with van der Waals surface area (Å²) in [4.78, 5) is 0. The lowest BCUT2D eigenvalue weighted by Gasteiger charge is -2.18. The van der Waals surface area contributed by atoms with Gasteiger partial charge in [-0.2, -0.15) is 0 Å². The van der Waals surface area contributed by atoms with E-state index in [1.807, 2.05) is 0 Å². The molecule has 2 heteroatoms. The van der Waals surface area contributed by atoms with Crippen LogP contribution in [0.5, 0.6) is 0 Å². The Morgan fingerprint density at radius 3 is 2.56 bits per heavy atom. The minimum Gasteiger partial charge on any atom is -0.396 e. The Kier molecular flexibility index (Phi) is 4.37. The van der Waals surface area contributed by atoms with Crippen LogP contribution < -0.4 is 5.32 Å². The van der Waals surface area contributed by atoms with E-state index in [4.69, 9.17) is 5.11 Å². The zero-order valence-corrected chi connectivity index (χ0v) is 9.73. The van der Waals surface area contributed by atoms with Crippen LogP contribution in [0.4, 0.5) is 0 Å². The molecule has 0 aliphatic heterocycles. The van der Waals surface area contributed by atoms with Crippen LogP contribution in [-0.4, -0.2) is 18.3 Å². The molecule has 2 nitrogen and oxygen atoms in total. The maximum absolute atomic E-state index is 8.74. The van der Waals surface area contributed by atoms with E-state index in [1.54, 1.807) is 0 Å². The normalized spacial score (nSPS) is 17.3. The van der Waals surface area contributed by atoms with Gasteiger partial charge in [0.1, 0.15) is 0 Å². The zero-order chi connectivity index (χ0) is 11.2. The number of unbranched alkanes of at least 4 members (excludes halogenated alkanes) is 1. The molecule has 1 aliphatic carbocycles. The van der Waals surface area contributed by atoms with Crippen LogP contribution in [0.1, 0.15) is 37.3 Å². The number of rotatable bonds is 7. The highest BCUT2D eigenvalue weighted by atomic mass is 16.2. The number of aliphatic hydroxyl groups excluding tert-OH is 1. The van der Waals surface area contributed by atoms with E-state index in [1.165, 1.54) is 18.4 Å². The third-order valence-corrected chi connectivity index (χ3v) is 3.20. The molecule has 1 aromatic rings. The van der Waals surface area contributed by atoms with Crippen molar-refractivity contribution in [2.45, 2.75) is 31.7 Å². The quantitative estimate of drug-likeness (QED) is 0.691. The number of nitrogens with one attached hydrogen (secondary N) is 1. The number of benzene rings is 1. The molecule has 0 aromatic heterocycles. The van der Waals surface area contributed by atoms with Crippen molar-refractivity contribution in [1.29, 1.82) is 0 Å². The van der Waals surface area contributed by atoms with Gasteiger partial charge in [0.15, 0.2) is 0 Å². The number of aliphatic hydroxyl groups is 1. The lowest BCUT2D eigenvalue weighted by atomic mass is 10.0. The molecule has 1 fully saturated rings. The van der Waals surface area contributed by atoms with Crippen LogP contribution in [-0.2, 0) is 0 Å². The second kappa shape index (κ2) is 6.02. The van der Waals surface area contributed by atoms with E-state index < -0.39 is 0 Å². The third-order valence-electron chi connectivity index (χ3n) is 3.20. The van der Waals surface area contributed by atoms with Crippen LogP contribution in [0.3, 0.4) is 0 Å². The largest absolute Gasteiger partial charge is 0.396 e. The molecular formula is C14H21NO. The van der Waals surface area contributed by atoms with Gasteiger partial charge in [0, 0.05) is 12.6 Å². The van der Waals surface area contributed by atoms with Gasteiger partial charge in [-0.25, -0.2) is 0 Å². The number of hydrogen-bond acceptors (Lipinski definition) is 2. The minimum absolute atomic E-state index is 0.307. The molecule has 1 aromatic carbocycles. The van der Waals surface area contributed by atoms with Crippen molar-refractivity contribution in [3.8, 4) is 0 Å². The molecule has 0 saturated heterocycles. The van der Waals surface area contributed by atoms with Crippen LogP contribution in [0.15, 0.2) is 30.3 Å². The van der Waals surface area contributed by atoms with E-state index in [0.29, 0.717) is 12.6 Å². The van der Waals surface area contributed by atoms with Gasteiger partial charge in [-0.1, -0.05) is 30.3 Å². The van der Waals surface area contributed by atoms with E-state index >= 15 is 0 Å².